The molecule has 3 N–H and O–H groups in total. The van der Waals surface area contributed by atoms with E-state index in [0.717, 1.165) is 0 Å². The number of ether oxygens (including phenoxy) is 1. The Balaban J connectivity index is 1.94. The van der Waals surface area contributed by atoms with Gasteiger partial charge in [-0.2, -0.15) is 0 Å². The second kappa shape index (κ2) is 8.47. The van der Waals surface area contributed by atoms with E-state index in [0.29, 0.717) is 23.4 Å². The summed E-state index contributed by atoms with van der Waals surface area (Å²) in [7, 11) is 1.26. The van der Waals surface area contributed by atoms with Gasteiger partial charge >= 0.3 is 12.1 Å². The van der Waals surface area contributed by atoms with Gasteiger partial charge in [0, 0.05) is 18.4 Å². The number of amides is 3. The van der Waals surface area contributed by atoms with E-state index in [9.17, 15) is 14.0 Å². The smallest absolute Gasteiger partial charge is 0.406 e. The molecule has 1 aromatic heterocycles. The zero-order valence-corrected chi connectivity index (χ0v) is 13.0. The fourth-order valence-corrected chi connectivity index (χ4v) is 1.98. The van der Waals surface area contributed by atoms with Gasteiger partial charge in [0.2, 0.25) is 0 Å². The minimum Gasteiger partial charge on any atom is -0.453 e. The monoisotopic (exact) mass is 332 g/mol. The van der Waals surface area contributed by atoms with Gasteiger partial charge in [-0.25, -0.2) is 14.0 Å². The van der Waals surface area contributed by atoms with Crippen molar-refractivity contribution in [2.75, 3.05) is 24.3 Å². The van der Waals surface area contributed by atoms with E-state index in [2.05, 4.69) is 25.7 Å². The number of urea groups is 1. The van der Waals surface area contributed by atoms with Gasteiger partial charge in [-0.15, -0.1) is 0 Å². The first-order valence-corrected chi connectivity index (χ1v) is 7.16. The topological polar surface area (TPSA) is 92.4 Å². The Morgan fingerprint density at radius 2 is 2.00 bits per heavy atom. The predicted octanol–water partition coefficient (Wildman–Crippen LogP) is 2.76. The number of carbonyl (C=O) groups is 2. The van der Waals surface area contributed by atoms with Crippen molar-refractivity contribution in [3.05, 3.63) is 54.1 Å². The SMILES string of the molecule is COC(=O)NCCc1cc(F)cc(NC(=O)Nc2cccnc2)c1. The maximum absolute atomic E-state index is 13.7. The highest BCUT2D eigenvalue weighted by molar-refractivity contribution is 5.99. The molecule has 2 aromatic rings. The molecule has 0 aliphatic heterocycles. The average Bonchev–Trinajstić information content (AvgIpc) is 2.55. The fourth-order valence-electron chi connectivity index (χ4n) is 1.98. The third-order valence-electron chi connectivity index (χ3n) is 3.00. The highest BCUT2D eigenvalue weighted by Gasteiger charge is 2.06. The van der Waals surface area contributed by atoms with E-state index in [1.54, 1.807) is 24.4 Å². The third-order valence-corrected chi connectivity index (χ3v) is 3.00. The van der Waals surface area contributed by atoms with Crippen molar-refractivity contribution in [2.45, 2.75) is 6.42 Å². The van der Waals surface area contributed by atoms with Crippen LogP contribution < -0.4 is 16.0 Å². The summed E-state index contributed by atoms with van der Waals surface area (Å²) in [5.74, 6) is -0.484. The lowest BCUT2D eigenvalue weighted by atomic mass is 10.1. The molecule has 0 bridgehead atoms. The molecule has 0 unspecified atom stereocenters. The number of carbonyl (C=O) groups excluding carboxylic acids is 2. The number of nitrogens with one attached hydrogen (secondary N) is 3. The van der Waals surface area contributed by atoms with Crippen LogP contribution in [0.3, 0.4) is 0 Å². The Kier molecular flexibility index (Phi) is 6.07. The lowest BCUT2D eigenvalue weighted by Crippen LogP contribution is -2.25. The molecule has 0 radical (unpaired) electrons. The van der Waals surface area contributed by atoms with Gasteiger partial charge in [0.1, 0.15) is 5.82 Å². The summed E-state index contributed by atoms with van der Waals surface area (Å²) in [5.41, 5.74) is 1.46. The van der Waals surface area contributed by atoms with Crippen LogP contribution in [0, 0.1) is 5.82 Å². The Labute approximate surface area is 138 Å². The number of aromatic nitrogens is 1. The summed E-state index contributed by atoms with van der Waals surface area (Å²) < 4.78 is 18.1. The molecule has 0 spiro atoms. The average molecular weight is 332 g/mol. The molecule has 1 aromatic carbocycles. The van der Waals surface area contributed by atoms with Gasteiger partial charge < -0.3 is 20.7 Å². The second-order valence-corrected chi connectivity index (χ2v) is 4.84. The van der Waals surface area contributed by atoms with Crippen molar-refractivity contribution in [3.8, 4) is 0 Å². The first kappa shape index (κ1) is 17.2. The molecule has 0 aliphatic carbocycles. The van der Waals surface area contributed by atoms with Gasteiger partial charge in [0.05, 0.1) is 19.0 Å². The van der Waals surface area contributed by atoms with E-state index < -0.39 is 17.9 Å². The summed E-state index contributed by atoms with van der Waals surface area (Å²) in [6, 6.07) is 7.03. The van der Waals surface area contributed by atoms with Crippen molar-refractivity contribution in [1.82, 2.24) is 10.3 Å². The number of benzene rings is 1. The van der Waals surface area contributed by atoms with Gasteiger partial charge in [-0.3, -0.25) is 4.98 Å². The maximum atomic E-state index is 13.7. The lowest BCUT2D eigenvalue weighted by Gasteiger charge is -2.10. The molecule has 0 atom stereocenters. The maximum Gasteiger partial charge on any atom is 0.406 e. The Morgan fingerprint density at radius 3 is 2.71 bits per heavy atom. The number of alkyl carbamates (subject to hydrolysis) is 1. The van der Waals surface area contributed by atoms with Gasteiger partial charge in [-0.05, 0) is 42.3 Å². The number of rotatable bonds is 5. The molecule has 3 amide bonds. The molecular formula is C16H17FN4O3. The van der Waals surface area contributed by atoms with Crippen molar-refractivity contribution in [2.24, 2.45) is 0 Å². The summed E-state index contributed by atoms with van der Waals surface area (Å²) in [6.45, 7) is 0.289. The number of anilines is 2. The molecule has 24 heavy (non-hydrogen) atoms. The number of halogens is 1. The molecule has 8 heteroatoms. The van der Waals surface area contributed by atoms with E-state index in [4.69, 9.17) is 0 Å². The molecule has 0 saturated heterocycles. The largest absolute Gasteiger partial charge is 0.453 e. The van der Waals surface area contributed by atoms with Crippen LogP contribution in [-0.4, -0.2) is 30.8 Å². The van der Waals surface area contributed by atoms with Crippen LogP contribution in [0.2, 0.25) is 0 Å². The molecule has 1 heterocycles. The van der Waals surface area contributed by atoms with Crippen LogP contribution in [0.25, 0.3) is 0 Å². The van der Waals surface area contributed by atoms with Crippen LogP contribution in [0.4, 0.5) is 25.4 Å². The van der Waals surface area contributed by atoms with Crippen molar-refractivity contribution < 1.29 is 18.7 Å². The summed E-state index contributed by atoms with van der Waals surface area (Å²) in [6.07, 6.45) is 2.92. The molecule has 126 valence electrons. The second-order valence-electron chi connectivity index (χ2n) is 4.84. The van der Waals surface area contributed by atoms with Crippen LogP contribution >= 0.6 is 0 Å². The molecular weight excluding hydrogens is 315 g/mol. The summed E-state index contributed by atoms with van der Waals surface area (Å²) >= 11 is 0. The first-order chi connectivity index (χ1) is 11.6. The van der Waals surface area contributed by atoms with Crippen molar-refractivity contribution in [3.63, 3.8) is 0 Å². The third kappa shape index (κ3) is 5.56. The zero-order chi connectivity index (χ0) is 17.4. The number of hydrogen-bond donors (Lipinski definition) is 3. The van der Waals surface area contributed by atoms with Crippen LogP contribution in [0.5, 0.6) is 0 Å². The van der Waals surface area contributed by atoms with Gasteiger partial charge in [0.25, 0.3) is 0 Å². The number of methoxy groups -OCH3 is 1. The normalized spacial score (nSPS) is 9.92. The standard InChI is InChI=1S/C16H17FN4O3/c1-24-16(23)19-6-4-11-7-12(17)9-14(8-11)21-15(22)20-13-3-2-5-18-10-13/h2-3,5,7-10H,4,6H2,1H3,(H,19,23)(H2,20,21,22). The Morgan fingerprint density at radius 1 is 1.21 bits per heavy atom. The quantitative estimate of drug-likeness (QED) is 0.785. The van der Waals surface area contributed by atoms with Crippen LogP contribution in [-0.2, 0) is 11.2 Å². The van der Waals surface area contributed by atoms with Crippen molar-refractivity contribution in [1.29, 1.82) is 0 Å². The predicted molar refractivity (Wildman–Crippen MR) is 87.4 cm³/mol. The molecule has 2 rings (SSSR count). The van der Waals surface area contributed by atoms with E-state index in [1.807, 2.05) is 0 Å². The van der Waals surface area contributed by atoms with Crippen LogP contribution in [0.15, 0.2) is 42.7 Å². The Bertz CT molecular complexity index is 710. The summed E-state index contributed by atoms with van der Waals surface area (Å²) in [5, 5.41) is 7.64. The minimum absolute atomic E-state index is 0.289. The number of pyridine rings is 1. The van der Waals surface area contributed by atoms with E-state index in [1.165, 1.54) is 25.4 Å². The van der Waals surface area contributed by atoms with E-state index >= 15 is 0 Å². The van der Waals surface area contributed by atoms with E-state index in [-0.39, 0.29) is 6.54 Å². The lowest BCUT2D eigenvalue weighted by molar-refractivity contribution is 0.171. The molecule has 0 saturated carbocycles. The van der Waals surface area contributed by atoms with Gasteiger partial charge in [0.15, 0.2) is 0 Å². The highest BCUT2D eigenvalue weighted by atomic mass is 19.1. The molecule has 0 aliphatic rings. The zero-order valence-electron chi connectivity index (χ0n) is 13.0. The van der Waals surface area contributed by atoms with Crippen molar-refractivity contribution >= 4 is 23.5 Å². The summed E-state index contributed by atoms with van der Waals surface area (Å²) in [4.78, 5) is 26.8. The number of hydrogen-bond acceptors (Lipinski definition) is 4. The first-order valence-electron chi connectivity index (χ1n) is 7.16. The molecule has 7 nitrogen and oxygen atoms in total. The number of nitrogens with zero attached hydrogens (tertiary/aromatic N) is 1. The van der Waals surface area contributed by atoms with Crippen LogP contribution in [0.1, 0.15) is 5.56 Å². The Hall–Kier alpha value is -3.16. The van der Waals surface area contributed by atoms with Gasteiger partial charge in [-0.1, -0.05) is 0 Å². The molecule has 0 fully saturated rings. The minimum atomic E-state index is -0.555. The fraction of sp³-hybridized carbons (Fsp3) is 0.188. The highest BCUT2D eigenvalue weighted by Crippen LogP contribution is 2.15.